The van der Waals surface area contributed by atoms with Crippen molar-refractivity contribution in [3.63, 3.8) is 0 Å². The summed E-state index contributed by atoms with van der Waals surface area (Å²) in [7, 11) is 0. The summed E-state index contributed by atoms with van der Waals surface area (Å²) in [4.78, 5) is 26.8. The Morgan fingerprint density at radius 1 is 0.974 bits per heavy atom. The Morgan fingerprint density at radius 2 is 1.77 bits per heavy atom. The number of azide groups is 1. The molecule has 0 saturated heterocycles. The van der Waals surface area contributed by atoms with E-state index >= 15 is 0 Å². The molecule has 1 atom stereocenters. The molecule has 1 aliphatic carbocycles. The molecule has 0 heterocycles. The molecule has 8 nitrogen and oxygen atoms in total. The van der Waals surface area contributed by atoms with Gasteiger partial charge in [-0.05, 0) is 70.3 Å². The van der Waals surface area contributed by atoms with E-state index < -0.39 is 6.09 Å². The molecule has 1 amide bonds. The number of benzene rings is 3. The number of ketones is 1. The van der Waals surface area contributed by atoms with Crippen LogP contribution in [0.5, 0.6) is 5.75 Å². The highest BCUT2D eigenvalue weighted by molar-refractivity contribution is 6.18. The van der Waals surface area contributed by atoms with E-state index in [2.05, 4.69) is 63.1 Å². The number of rotatable bonds is 14. The molecule has 0 aliphatic heterocycles. The maximum atomic E-state index is 12.4. The van der Waals surface area contributed by atoms with Crippen LogP contribution in [-0.2, 0) is 11.2 Å². The van der Waals surface area contributed by atoms with Crippen LogP contribution < -0.4 is 15.4 Å². The minimum Gasteiger partial charge on any atom is -0.410 e. The van der Waals surface area contributed by atoms with Gasteiger partial charge in [0.25, 0.3) is 0 Å². The van der Waals surface area contributed by atoms with Crippen molar-refractivity contribution >= 4 is 23.5 Å². The van der Waals surface area contributed by atoms with Crippen molar-refractivity contribution in [3.05, 3.63) is 99.4 Å². The zero-order chi connectivity index (χ0) is 27.5. The summed E-state index contributed by atoms with van der Waals surface area (Å²) in [6, 6.07) is 22.4. The molecule has 2 N–H and O–H groups in total. The third kappa shape index (κ3) is 7.60. The van der Waals surface area contributed by atoms with Gasteiger partial charge in [-0.3, -0.25) is 4.79 Å². The Balaban J connectivity index is 1.42. The molecular formula is C30H32ClN5O3. The number of halogens is 1. The number of hydrogen-bond donors (Lipinski definition) is 2. The van der Waals surface area contributed by atoms with E-state index in [9.17, 15) is 9.59 Å². The fraction of sp³-hybridized carbons (Fsp3) is 0.333. The van der Waals surface area contributed by atoms with Crippen molar-refractivity contribution in [1.29, 1.82) is 0 Å². The lowest BCUT2D eigenvalue weighted by Crippen LogP contribution is -2.27. The average Bonchev–Trinajstić information content (AvgIpc) is 3.26. The molecule has 202 valence electrons. The van der Waals surface area contributed by atoms with Gasteiger partial charge < -0.3 is 15.4 Å². The number of alkyl halides is 1. The predicted octanol–water partition coefficient (Wildman–Crippen LogP) is 6.70. The molecule has 3 aromatic rings. The van der Waals surface area contributed by atoms with Gasteiger partial charge in [0.2, 0.25) is 0 Å². The van der Waals surface area contributed by atoms with Gasteiger partial charge >= 0.3 is 6.09 Å². The first-order chi connectivity index (χ1) is 19.1. The first kappa shape index (κ1) is 28.2. The van der Waals surface area contributed by atoms with Crippen LogP contribution in [0, 0.1) is 0 Å². The Hall–Kier alpha value is -3.84. The van der Waals surface area contributed by atoms with E-state index in [4.69, 9.17) is 21.9 Å². The Bertz CT molecular complexity index is 1340. The molecule has 1 unspecified atom stereocenters. The highest BCUT2D eigenvalue weighted by atomic mass is 35.5. The van der Waals surface area contributed by atoms with Gasteiger partial charge in [0.1, 0.15) is 11.5 Å². The normalized spacial score (nSPS) is 13.2. The number of nitrogens with zero attached hydrogens (tertiary/aromatic N) is 3. The van der Waals surface area contributed by atoms with Crippen LogP contribution in [0.2, 0.25) is 0 Å². The number of unbranched alkanes of at least 4 members (excludes halogenated alkanes) is 2. The summed E-state index contributed by atoms with van der Waals surface area (Å²) in [6.07, 6.45) is 3.17. The van der Waals surface area contributed by atoms with Crippen LogP contribution in [0.3, 0.4) is 0 Å². The van der Waals surface area contributed by atoms with Gasteiger partial charge in [0.15, 0.2) is 0 Å². The summed E-state index contributed by atoms with van der Waals surface area (Å²) in [5.41, 5.74) is 15.7. The zero-order valence-electron chi connectivity index (χ0n) is 21.7. The van der Waals surface area contributed by atoms with Crippen molar-refractivity contribution in [2.45, 2.75) is 38.0 Å². The zero-order valence-corrected chi connectivity index (χ0v) is 22.5. The highest BCUT2D eigenvalue weighted by Gasteiger charge is 2.30. The van der Waals surface area contributed by atoms with E-state index in [0.29, 0.717) is 31.8 Å². The van der Waals surface area contributed by atoms with E-state index in [-0.39, 0.29) is 17.7 Å². The monoisotopic (exact) mass is 545 g/mol. The molecule has 4 rings (SSSR count). The average molecular weight is 546 g/mol. The number of hydrogen-bond acceptors (Lipinski definition) is 5. The molecule has 0 spiro atoms. The van der Waals surface area contributed by atoms with Gasteiger partial charge in [0.05, 0.1) is 12.5 Å². The second kappa shape index (κ2) is 14.4. The first-order valence-electron chi connectivity index (χ1n) is 13.2. The Morgan fingerprint density at radius 3 is 2.56 bits per heavy atom. The first-order valence-corrected chi connectivity index (χ1v) is 13.7. The topological polar surface area (TPSA) is 116 Å². The van der Waals surface area contributed by atoms with Crippen LogP contribution in [0.15, 0.2) is 71.8 Å². The number of nitrogens with one attached hydrogen (secondary N) is 2. The summed E-state index contributed by atoms with van der Waals surface area (Å²) in [5.74, 6) is 0.793. The predicted molar refractivity (Wildman–Crippen MR) is 153 cm³/mol. The summed E-state index contributed by atoms with van der Waals surface area (Å²) in [5, 5.41) is 9.35. The van der Waals surface area contributed by atoms with E-state index in [1.807, 2.05) is 12.1 Å². The fourth-order valence-corrected chi connectivity index (χ4v) is 5.20. The van der Waals surface area contributed by atoms with Crippen molar-refractivity contribution < 1.29 is 14.3 Å². The van der Waals surface area contributed by atoms with Crippen molar-refractivity contribution in [3.8, 4) is 16.9 Å². The van der Waals surface area contributed by atoms with E-state index in [1.165, 1.54) is 27.8 Å². The number of carbonyl (C=O) groups is 2. The molecule has 0 radical (unpaired) electrons. The summed E-state index contributed by atoms with van der Waals surface area (Å²) < 4.78 is 5.22. The second-order valence-corrected chi connectivity index (χ2v) is 9.74. The lowest BCUT2D eigenvalue weighted by atomic mass is 9.90. The quantitative estimate of drug-likeness (QED) is 0.0585. The molecule has 0 fully saturated rings. The molecule has 3 aromatic carbocycles. The second-order valence-electron chi connectivity index (χ2n) is 9.47. The van der Waals surface area contributed by atoms with Gasteiger partial charge in [0, 0.05) is 30.3 Å². The molecule has 39 heavy (non-hydrogen) atoms. The lowest BCUT2D eigenvalue weighted by molar-refractivity contribution is -0.118. The third-order valence-electron chi connectivity index (χ3n) is 6.86. The van der Waals surface area contributed by atoms with Crippen LogP contribution in [0.25, 0.3) is 21.6 Å². The van der Waals surface area contributed by atoms with Crippen LogP contribution in [0.1, 0.15) is 53.9 Å². The van der Waals surface area contributed by atoms with Gasteiger partial charge in [-0.25, -0.2) is 4.79 Å². The molecular weight excluding hydrogens is 514 g/mol. The number of Topliss-reactive ketones (excluding diaryl/α,β-unsaturated/α-hetero) is 1. The summed E-state index contributed by atoms with van der Waals surface area (Å²) >= 11 is 5.51. The standard InChI is InChI=1S/C30H32ClN5O3/c31-20-34-30(38)39-24-14-12-21(13-15-24)17-22-7-6-11-27-25-9-3-4-10-26(25)28(29(22)27)19-33-18-23(37)8-2-1-5-16-35-36-32/h3-4,6-7,9-15,28,33H,1-2,5,8,16-20H2,(H,34,38). The van der Waals surface area contributed by atoms with Crippen molar-refractivity contribution in [1.82, 2.24) is 10.6 Å². The van der Waals surface area contributed by atoms with Crippen LogP contribution in [-0.4, -0.2) is 37.5 Å². The lowest BCUT2D eigenvalue weighted by Gasteiger charge is -2.18. The van der Waals surface area contributed by atoms with E-state index in [0.717, 1.165) is 31.2 Å². The smallest absolute Gasteiger partial charge is 0.410 e. The summed E-state index contributed by atoms with van der Waals surface area (Å²) in [6.45, 7) is 1.49. The molecule has 9 heteroatoms. The maximum absolute atomic E-state index is 12.4. The minimum atomic E-state index is -0.587. The number of fused-ring (bicyclic) bond motifs is 3. The number of ether oxygens (including phenoxy) is 1. The fourth-order valence-electron chi connectivity index (χ4n) is 5.09. The number of carbonyl (C=O) groups excluding carboxylic acids is 2. The van der Waals surface area contributed by atoms with Crippen LogP contribution in [0.4, 0.5) is 4.79 Å². The third-order valence-corrected chi connectivity index (χ3v) is 6.99. The molecule has 0 bridgehead atoms. The van der Waals surface area contributed by atoms with Gasteiger partial charge in [-0.2, -0.15) is 0 Å². The molecule has 1 aliphatic rings. The van der Waals surface area contributed by atoms with E-state index in [1.54, 1.807) is 12.1 Å². The SMILES string of the molecule is [N-]=[N+]=NCCCCCC(=O)CNCC1c2ccccc2-c2cccc(Cc3ccc(OC(=O)NCCl)cc3)c21. The van der Waals surface area contributed by atoms with Gasteiger partial charge in [-0.1, -0.05) is 66.1 Å². The van der Waals surface area contributed by atoms with Crippen molar-refractivity contribution in [2.75, 3.05) is 25.6 Å². The Labute approximate surface area is 233 Å². The molecule has 0 aromatic heterocycles. The van der Waals surface area contributed by atoms with Gasteiger partial charge in [-0.15, -0.1) is 11.6 Å². The number of amides is 1. The largest absolute Gasteiger partial charge is 0.413 e. The minimum absolute atomic E-state index is 0.0112. The highest BCUT2D eigenvalue weighted by Crippen LogP contribution is 2.46. The molecule has 0 saturated carbocycles. The van der Waals surface area contributed by atoms with Crippen LogP contribution >= 0.6 is 11.6 Å². The van der Waals surface area contributed by atoms with Crippen molar-refractivity contribution in [2.24, 2.45) is 5.11 Å². The maximum Gasteiger partial charge on any atom is 0.413 e. The Kier molecular flexibility index (Phi) is 10.4.